The van der Waals surface area contributed by atoms with E-state index < -0.39 is 0 Å². The number of hydrogen-bond acceptors (Lipinski definition) is 7. The Labute approximate surface area is 103 Å². The molecule has 0 aliphatic carbocycles. The summed E-state index contributed by atoms with van der Waals surface area (Å²) in [5.41, 5.74) is 2.46. The minimum Gasteiger partial charge on any atom is -0.490 e. The van der Waals surface area contributed by atoms with Crippen LogP contribution in [0.25, 0.3) is 0 Å². The highest BCUT2D eigenvalue weighted by Crippen LogP contribution is 2.35. The second-order valence-electron chi connectivity index (χ2n) is 2.98. The topological polar surface area (TPSA) is 86.0 Å². The average molecular weight is 249 g/mol. The zero-order valence-electron chi connectivity index (χ0n) is 9.12. The number of nitrogens with two attached hydrogens (primary N) is 1. The second kappa shape index (κ2) is 5.46. The molecule has 0 radical (unpaired) electrons. The number of anilines is 1. The first kappa shape index (κ1) is 11.6. The Morgan fingerprint density at radius 2 is 2.18 bits per heavy atom. The maximum Gasteiger partial charge on any atom is 0.195 e. The number of nitrogen functional groups attached to an aromatic ring is 1. The standard InChI is InChI=1S/C10H11N5OS/c1-16-8-9(15-11)13-6-14-10(8)17-7-4-2-3-5-12-7/h2-6H,11H2,1H3,(H,13,14,15). The van der Waals surface area contributed by atoms with Crippen molar-refractivity contribution in [1.29, 1.82) is 0 Å². The number of rotatable bonds is 4. The van der Waals surface area contributed by atoms with Crippen LogP contribution in [0.5, 0.6) is 5.75 Å². The summed E-state index contributed by atoms with van der Waals surface area (Å²) in [5, 5.41) is 1.49. The van der Waals surface area contributed by atoms with E-state index in [1.54, 1.807) is 13.3 Å². The Bertz CT molecular complexity index is 493. The van der Waals surface area contributed by atoms with Gasteiger partial charge in [-0.25, -0.2) is 20.8 Å². The molecule has 2 aromatic rings. The minimum absolute atomic E-state index is 0.445. The molecule has 0 amide bonds. The largest absolute Gasteiger partial charge is 0.490 e. The van der Waals surface area contributed by atoms with Crippen molar-refractivity contribution in [2.45, 2.75) is 10.1 Å². The highest BCUT2D eigenvalue weighted by Gasteiger charge is 2.12. The highest BCUT2D eigenvalue weighted by atomic mass is 32.2. The van der Waals surface area contributed by atoms with Gasteiger partial charge in [0.1, 0.15) is 11.4 Å². The molecular weight excluding hydrogens is 238 g/mol. The number of nitrogens with zero attached hydrogens (tertiary/aromatic N) is 3. The van der Waals surface area contributed by atoms with Gasteiger partial charge in [-0.3, -0.25) is 0 Å². The van der Waals surface area contributed by atoms with Gasteiger partial charge in [-0.1, -0.05) is 6.07 Å². The first-order valence-corrected chi connectivity index (χ1v) is 5.61. The lowest BCUT2D eigenvalue weighted by Gasteiger charge is -2.09. The molecule has 0 atom stereocenters. The van der Waals surface area contributed by atoms with E-state index in [1.807, 2.05) is 18.2 Å². The van der Waals surface area contributed by atoms with Crippen LogP contribution < -0.4 is 16.0 Å². The Balaban J connectivity index is 2.33. The van der Waals surface area contributed by atoms with Gasteiger partial charge < -0.3 is 10.2 Å². The first-order valence-electron chi connectivity index (χ1n) is 4.79. The number of hydrazine groups is 1. The zero-order chi connectivity index (χ0) is 12.1. The van der Waals surface area contributed by atoms with Crippen LogP contribution in [-0.2, 0) is 0 Å². The lowest BCUT2D eigenvalue weighted by atomic mass is 10.5. The van der Waals surface area contributed by atoms with Crippen LogP contribution in [-0.4, -0.2) is 22.1 Å². The fourth-order valence-electron chi connectivity index (χ4n) is 1.22. The molecule has 2 rings (SSSR count). The molecule has 88 valence electrons. The van der Waals surface area contributed by atoms with Crippen molar-refractivity contribution >= 4 is 17.6 Å². The van der Waals surface area contributed by atoms with Crippen LogP contribution in [0.2, 0.25) is 0 Å². The summed E-state index contributed by atoms with van der Waals surface area (Å²) in [6.07, 6.45) is 3.14. The predicted molar refractivity (Wildman–Crippen MR) is 64.8 cm³/mol. The second-order valence-corrected chi connectivity index (χ2v) is 3.98. The Morgan fingerprint density at radius 3 is 2.82 bits per heavy atom. The number of aromatic nitrogens is 3. The van der Waals surface area contributed by atoms with Gasteiger partial charge in [-0.15, -0.1) is 0 Å². The van der Waals surface area contributed by atoms with Crippen LogP contribution in [0.15, 0.2) is 40.8 Å². The molecule has 0 spiro atoms. The summed E-state index contributed by atoms with van der Waals surface area (Å²) in [4.78, 5) is 12.3. The predicted octanol–water partition coefficient (Wildman–Crippen LogP) is 1.32. The summed E-state index contributed by atoms with van der Waals surface area (Å²) in [6.45, 7) is 0. The fraction of sp³-hybridized carbons (Fsp3) is 0.100. The van der Waals surface area contributed by atoms with E-state index in [-0.39, 0.29) is 0 Å². The lowest BCUT2D eigenvalue weighted by Crippen LogP contribution is -2.10. The number of pyridine rings is 1. The maximum absolute atomic E-state index is 5.34. The monoisotopic (exact) mass is 249 g/mol. The zero-order valence-corrected chi connectivity index (χ0v) is 9.94. The van der Waals surface area contributed by atoms with Gasteiger partial charge in [0.25, 0.3) is 0 Å². The van der Waals surface area contributed by atoms with Crippen molar-refractivity contribution in [1.82, 2.24) is 15.0 Å². The van der Waals surface area contributed by atoms with E-state index in [2.05, 4.69) is 20.4 Å². The molecule has 0 unspecified atom stereocenters. The van der Waals surface area contributed by atoms with Gasteiger partial charge in [0.2, 0.25) is 0 Å². The molecule has 7 heteroatoms. The van der Waals surface area contributed by atoms with E-state index in [1.165, 1.54) is 18.1 Å². The number of methoxy groups -OCH3 is 1. The van der Waals surface area contributed by atoms with Crippen LogP contribution in [0.1, 0.15) is 0 Å². The van der Waals surface area contributed by atoms with E-state index in [9.17, 15) is 0 Å². The lowest BCUT2D eigenvalue weighted by molar-refractivity contribution is 0.400. The van der Waals surface area contributed by atoms with Gasteiger partial charge in [-0.05, 0) is 23.9 Å². The molecule has 0 aliphatic rings. The molecule has 0 bridgehead atoms. The Morgan fingerprint density at radius 1 is 1.29 bits per heavy atom. The molecular formula is C10H11N5OS. The van der Waals surface area contributed by atoms with E-state index >= 15 is 0 Å². The Kier molecular flexibility index (Phi) is 3.73. The third-order valence-electron chi connectivity index (χ3n) is 1.95. The molecule has 3 N–H and O–H groups in total. The van der Waals surface area contributed by atoms with Crippen molar-refractivity contribution in [2.24, 2.45) is 5.84 Å². The van der Waals surface area contributed by atoms with Gasteiger partial charge in [-0.2, -0.15) is 0 Å². The molecule has 0 fully saturated rings. The van der Waals surface area contributed by atoms with Crippen LogP contribution >= 0.6 is 11.8 Å². The smallest absolute Gasteiger partial charge is 0.195 e. The number of hydrogen-bond donors (Lipinski definition) is 2. The van der Waals surface area contributed by atoms with Crippen LogP contribution in [0, 0.1) is 0 Å². The molecule has 2 aromatic heterocycles. The maximum atomic E-state index is 5.34. The summed E-state index contributed by atoms with van der Waals surface area (Å²) < 4.78 is 5.22. The molecule has 2 heterocycles. The van der Waals surface area contributed by atoms with E-state index in [4.69, 9.17) is 10.6 Å². The normalized spacial score (nSPS) is 10.0. The van der Waals surface area contributed by atoms with E-state index in [0.717, 1.165) is 5.03 Å². The van der Waals surface area contributed by atoms with Gasteiger partial charge in [0.15, 0.2) is 16.6 Å². The van der Waals surface area contributed by atoms with Gasteiger partial charge >= 0.3 is 0 Å². The molecule has 17 heavy (non-hydrogen) atoms. The van der Waals surface area contributed by atoms with Crippen molar-refractivity contribution < 1.29 is 4.74 Å². The molecule has 0 aliphatic heterocycles. The third kappa shape index (κ3) is 2.63. The summed E-state index contributed by atoms with van der Waals surface area (Å²) in [7, 11) is 1.54. The van der Waals surface area contributed by atoms with Crippen LogP contribution in [0.3, 0.4) is 0 Å². The van der Waals surface area contributed by atoms with Crippen molar-refractivity contribution in [3.05, 3.63) is 30.7 Å². The molecule has 6 nitrogen and oxygen atoms in total. The van der Waals surface area contributed by atoms with Crippen molar-refractivity contribution in [3.63, 3.8) is 0 Å². The van der Waals surface area contributed by atoms with E-state index in [0.29, 0.717) is 16.6 Å². The highest BCUT2D eigenvalue weighted by molar-refractivity contribution is 7.99. The van der Waals surface area contributed by atoms with Gasteiger partial charge in [0, 0.05) is 6.20 Å². The number of ether oxygens (including phenoxy) is 1. The Hall–Kier alpha value is -1.86. The average Bonchev–Trinajstić information content (AvgIpc) is 2.39. The minimum atomic E-state index is 0.445. The summed E-state index contributed by atoms with van der Waals surface area (Å²) >= 11 is 1.39. The van der Waals surface area contributed by atoms with Crippen molar-refractivity contribution in [3.8, 4) is 5.75 Å². The summed E-state index contributed by atoms with van der Waals surface area (Å²) in [6, 6.07) is 5.65. The SMILES string of the molecule is COc1c(NN)ncnc1Sc1ccccn1. The molecule has 0 saturated heterocycles. The number of nitrogens with one attached hydrogen (secondary N) is 1. The first-order chi connectivity index (χ1) is 8.35. The van der Waals surface area contributed by atoms with Crippen LogP contribution in [0.4, 0.5) is 5.82 Å². The third-order valence-corrected chi connectivity index (χ3v) is 2.89. The summed E-state index contributed by atoms with van der Waals surface area (Å²) in [5.74, 6) is 6.29. The molecule has 0 aromatic carbocycles. The van der Waals surface area contributed by atoms with Crippen molar-refractivity contribution in [2.75, 3.05) is 12.5 Å². The molecule has 0 saturated carbocycles. The van der Waals surface area contributed by atoms with Gasteiger partial charge in [0.05, 0.1) is 7.11 Å². The fourth-order valence-corrected chi connectivity index (χ4v) is 2.05. The quantitative estimate of drug-likeness (QED) is 0.480.